The number of nitrogens with one attached hydrogen (secondary N) is 3. The molecule has 1 aromatic carbocycles. The van der Waals surface area contributed by atoms with Crippen molar-refractivity contribution in [2.24, 2.45) is 5.92 Å². The predicted molar refractivity (Wildman–Crippen MR) is 120 cm³/mol. The largest absolute Gasteiger partial charge is 0.390 e. The Morgan fingerprint density at radius 1 is 1.19 bits per heavy atom. The summed E-state index contributed by atoms with van der Waals surface area (Å²) in [7, 11) is 0. The van der Waals surface area contributed by atoms with Crippen LogP contribution >= 0.6 is 0 Å². The van der Waals surface area contributed by atoms with Crippen molar-refractivity contribution in [3.8, 4) is 11.3 Å². The first-order valence-electron chi connectivity index (χ1n) is 10.3. The zero-order valence-electron chi connectivity index (χ0n) is 17.8. The minimum absolute atomic E-state index is 0.00885. The summed E-state index contributed by atoms with van der Waals surface area (Å²) in [6.45, 7) is 4.91. The second-order valence-corrected chi connectivity index (χ2v) is 8.51. The summed E-state index contributed by atoms with van der Waals surface area (Å²) >= 11 is 0. The van der Waals surface area contributed by atoms with Crippen LogP contribution in [0.2, 0.25) is 0 Å². The van der Waals surface area contributed by atoms with E-state index in [1.165, 1.54) is 6.92 Å². The van der Waals surface area contributed by atoms with E-state index >= 15 is 0 Å². The van der Waals surface area contributed by atoms with Gasteiger partial charge >= 0.3 is 0 Å². The van der Waals surface area contributed by atoms with Crippen LogP contribution in [-0.4, -0.2) is 32.4 Å². The predicted octanol–water partition coefficient (Wildman–Crippen LogP) is 4.29. The van der Waals surface area contributed by atoms with Crippen LogP contribution in [0.1, 0.15) is 43.2 Å². The molecule has 1 aliphatic rings. The number of pyridine rings is 1. The van der Waals surface area contributed by atoms with Gasteiger partial charge in [0, 0.05) is 36.5 Å². The first-order chi connectivity index (χ1) is 14.7. The van der Waals surface area contributed by atoms with Gasteiger partial charge in [-0.15, -0.1) is 0 Å². The van der Waals surface area contributed by atoms with Crippen LogP contribution in [0.5, 0.6) is 0 Å². The van der Waals surface area contributed by atoms with E-state index in [4.69, 9.17) is 0 Å². The Balaban J connectivity index is 1.83. The highest BCUT2D eigenvalue weighted by atomic mass is 16.3. The normalized spacial score (nSPS) is 16.0. The number of amides is 1. The molecule has 0 saturated heterocycles. The SMILES string of the molecule is CC(=O)Nc1cc(-c2[nH]c3c(c2Nc2ccccc2)C(=O)CC(C(C)(C)O)C3)ccn1. The molecule has 7 heteroatoms. The van der Waals surface area contributed by atoms with Crippen molar-refractivity contribution in [1.82, 2.24) is 9.97 Å². The highest BCUT2D eigenvalue weighted by Crippen LogP contribution is 2.42. The molecule has 1 aliphatic carbocycles. The van der Waals surface area contributed by atoms with E-state index in [1.54, 1.807) is 26.1 Å². The number of carbonyl (C=O) groups is 2. The van der Waals surface area contributed by atoms with Gasteiger partial charge in [-0.3, -0.25) is 9.59 Å². The topological polar surface area (TPSA) is 107 Å². The molecule has 160 valence electrons. The molecule has 2 aromatic heterocycles. The summed E-state index contributed by atoms with van der Waals surface area (Å²) in [5.41, 5.74) is 3.55. The molecule has 0 bridgehead atoms. The molecule has 0 fully saturated rings. The smallest absolute Gasteiger partial charge is 0.222 e. The van der Waals surface area contributed by atoms with Crippen molar-refractivity contribution >= 4 is 28.9 Å². The summed E-state index contributed by atoms with van der Waals surface area (Å²) in [6, 6.07) is 13.3. The number of benzene rings is 1. The Labute approximate surface area is 180 Å². The highest BCUT2D eigenvalue weighted by Gasteiger charge is 2.37. The number of aromatic nitrogens is 2. The Kier molecular flexibility index (Phi) is 5.37. The minimum atomic E-state index is -0.957. The lowest BCUT2D eigenvalue weighted by Gasteiger charge is -2.31. The molecule has 1 unspecified atom stereocenters. The molecule has 0 aliphatic heterocycles. The van der Waals surface area contributed by atoms with E-state index in [2.05, 4.69) is 20.6 Å². The first kappa shape index (κ1) is 20.8. The molecule has 0 spiro atoms. The second kappa shape index (κ2) is 8.00. The van der Waals surface area contributed by atoms with Crippen LogP contribution < -0.4 is 10.6 Å². The third-order valence-corrected chi connectivity index (χ3v) is 5.63. The lowest BCUT2D eigenvalue weighted by Crippen LogP contribution is -2.37. The van der Waals surface area contributed by atoms with Crippen molar-refractivity contribution in [1.29, 1.82) is 0 Å². The first-order valence-corrected chi connectivity index (χ1v) is 10.3. The lowest BCUT2D eigenvalue weighted by molar-refractivity contribution is -0.114. The maximum atomic E-state index is 13.2. The Bertz CT molecular complexity index is 1130. The number of para-hydroxylation sites is 1. The Morgan fingerprint density at radius 3 is 2.61 bits per heavy atom. The third kappa shape index (κ3) is 4.36. The molecule has 4 rings (SSSR count). The highest BCUT2D eigenvalue weighted by molar-refractivity contribution is 6.07. The summed E-state index contributed by atoms with van der Waals surface area (Å²) in [4.78, 5) is 32.2. The van der Waals surface area contributed by atoms with Gasteiger partial charge in [0.15, 0.2) is 5.78 Å². The number of carbonyl (C=O) groups excluding carboxylic acids is 2. The number of Topliss-reactive ketones (excluding diaryl/α,β-unsaturated/α-hetero) is 1. The van der Waals surface area contributed by atoms with Crippen LogP contribution in [0.3, 0.4) is 0 Å². The number of fused-ring (bicyclic) bond motifs is 1. The van der Waals surface area contributed by atoms with E-state index < -0.39 is 5.60 Å². The fourth-order valence-corrected chi connectivity index (χ4v) is 4.00. The van der Waals surface area contributed by atoms with Gasteiger partial charge in [-0.1, -0.05) is 18.2 Å². The summed E-state index contributed by atoms with van der Waals surface area (Å²) in [5, 5.41) is 16.6. The molecule has 0 saturated carbocycles. The average molecular weight is 418 g/mol. The van der Waals surface area contributed by atoms with Gasteiger partial charge in [0.25, 0.3) is 0 Å². The molecule has 4 N–H and O–H groups in total. The van der Waals surface area contributed by atoms with Crippen molar-refractivity contribution < 1.29 is 14.7 Å². The summed E-state index contributed by atoms with van der Waals surface area (Å²) < 4.78 is 0. The molecule has 0 radical (unpaired) electrons. The quantitative estimate of drug-likeness (QED) is 0.494. The number of nitrogens with zero attached hydrogens (tertiary/aromatic N) is 1. The van der Waals surface area contributed by atoms with Crippen LogP contribution in [0.15, 0.2) is 48.7 Å². The fourth-order valence-electron chi connectivity index (χ4n) is 4.00. The number of anilines is 3. The maximum absolute atomic E-state index is 13.2. The molecule has 2 heterocycles. The van der Waals surface area contributed by atoms with Crippen molar-refractivity contribution in [3.63, 3.8) is 0 Å². The number of hydrogen-bond acceptors (Lipinski definition) is 5. The molecule has 1 amide bonds. The van der Waals surface area contributed by atoms with Gasteiger partial charge in [0.05, 0.1) is 22.5 Å². The van der Waals surface area contributed by atoms with Gasteiger partial charge in [0.2, 0.25) is 5.91 Å². The Hall–Kier alpha value is -3.45. The van der Waals surface area contributed by atoms with E-state index in [0.717, 1.165) is 22.6 Å². The third-order valence-electron chi connectivity index (χ3n) is 5.63. The van der Waals surface area contributed by atoms with E-state index in [1.807, 2.05) is 36.4 Å². The molecule has 3 aromatic rings. The van der Waals surface area contributed by atoms with Crippen LogP contribution in [0, 0.1) is 5.92 Å². The van der Waals surface area contributed by atoms with Crippen LogP contribution in [-0.2, 0) is 11.2 Å². The number of H-pyrrole nitrogens is 1. The van der Waals surface area contributed by atoms with E-state index in [0.29, 0.717) is 23.5 Å². The zero-order chi connectivity index (χ0) is 22.2. The van der Waals surface area contributed by atoms with Gasteiger partial charge in [-0.25, -0.2) is 4.98 Å². The monoisotopic (exact) mass is 418 g/mol. The fraction of sp³-hybridized carbons (Fsp3) is 0.292. The number of ketones is 1. The number of aliphatic hydroxyl groups is 1. The lowest BCUT2D eigenvalue weighted by atomic mass is 9.77. The molecular formula is C24H26N4O3. The summed E-state index contributed by atoms with van der Waals surface area (Å²) in [5.74, 6) is 0.0478. The van der Waals surface area contributed by atoms with Crippen molar-refractivity contribution in [2.75, 3.05) is 10.6 Å². The molecule has 7 nitrogen and oxygen atoms in total. The molecule has 31 heavy (non-hydrogen) atoms. The number of aromatic amines is 1. The van der Waals surface area contributed by atoms with E-state index in [9.17, 15) is 14.7 Å². The Morgan fingerprint density at radius 2 is 1.94 bits per heavy atom. The van der Waals surface area contributed by atoms with Gasteiger partial charge in [-0.05, 0) is 50.5 Å². The minimum Gasteiger partial charge on any atom is -0.390 e. The number of hydrogen-bond donors (Lipinski definition) is 4. The number of rotatable bonds is 5. The van der Waals surface area contributed by atoms with Gasteiger partial charge in [0.1, 0.15) is 5.82 Å². The van der Waals surface area contributed by atoms with Gasteiger partial charge in [-0.2, -0.15) is 0 Å². The van der Waals surface area contributed by atoms with Crippen molar-refractivity contribution in [2.45, 2.75) is 39.2 Å². The molecular weight excluding hydrogens is 392 g/mol. The zero-order valence-corrected chi connectivity index (χ0v) is 17.8. The molecule has 1 atom stereocenters. The maximum Gasteiger partial charge on any atom is 0.222 e. The van der Waals surface area contributed by atoms with E-state index in [-0.39, 0.29) is 24.0 Å². The van der Waals surface area contributed by atoms with Crippen LogP contribution in [0.25, 0.3) is 11.3 Å². The summed E-state index contributed by atoms with van der Waals surface area (Å²) in [6.07, 6.45) is 2.47. The second-order valence-electron chi connectivity index (χ2n) is 8.51. The van der Waals surface area contributed by atoms with Gasteiger partial charge < -0.3 is 20.7 Å². The van der Waals surface area contributed by atoms with Crippen LogP contribution in [0.4, 0.5) is 17.2 Å². The average Bonchev–Trinajstić information content (AvgIpc) is 3.07. The standard InChI is InChI=1S/C24H26N4O3/c1-14(29)26-20-11-15(9-10-25-20)22-23(27-17-7-5-4-6-8-17)21-18(28-22)12-16(13-19(21)30)24(2,3)31/h4-11,16,27-28,31H,12-13H2,1-3H3,(H,25,26,29). The van der Waals surface area contributed by atoms with Crippen molar-refractivity contribution in [3.05, 3.63) is 59.9 Å².